The van der Waals surface area contributed by atoms with Gasteiger partial charge in [0.25, 0.3) is 0 Å². The summed E-state index contributed by atoms with van der Waals surface area (Å²) >= 11 is 6.98. The van der Waals surface area contributed by atoms with Gasteiger partial charge in [-0.3, -0.25) is 9.59 Å². The van der Waals surface area contributed by atoms with Crippen molar-refractivity contribution in [3.8, 4) is 23.0 Å². The Morgan fingerprint density at radius 1 is 0.673 bits per heavy atom. The zero-order valence-electron chi connectivity index (χ0n) is 26.6. The molecular formula is C37H30Br2N2O8. The number of rotatable bonds is 6. The van der Waals surface area contributed by atoms with E-state index in [1.807, 2.05) is 90.2 Å². The fourth-order valence-electron chi connectivity index (χ4n) is 6.45. The summed E-state index contributed by atoms with van der Waals surface area (Å²) in [5, 5.41) is 11.8. The molecule has 8 rings (SSSR count). The van der Waals surface area contributed by atoms with Crippen LogP contribution in [0.2, 0.25) is 0 Å². The Bertz CT molecular complexity index is 2260. The number of carboxylic acids is 1. The van der Waals surface area contributed by atoms with Crippen LogP contribution in [-0.2, 0) is 28.4 Å². The fourth-order valence-corrected chi connectivity index (χ4v) is 7.17. The Hall–Kier alpha value is -4.94. The first-order chi connectivity index (χ1) is 23.6. The van der Waals surface area contributed by atoms with Crippen molar-refractivity contribution < 1.29 is 38.4 Å². The molecule has 49 heavy (non-hydrogen) atoms. The number of hydrogen-bond donors (Lipinski definition) is 1. The molecule has 0 fully saturated rings. The van der Waals surface area contributed by atoms with E-state index in [2.05, 4.69) is 31.9 Å². The van der Waals surface area contributed by atoms with Crippen LogP contribution in [0.4, 0.5) is 0 Å². The third kappa shape index (κ3) is 6.10. The minimum absolute atomic E-state index is 0.164. The Morgan fingerprint density at radius 2 is 1.12 bits per heavy atom. The molecule has 12 heteroatoms. The van der Waals surface area contributed by atoms with Gasteiger partial charge in [-0.1, -0.05) is 44.0 Å². The zero-order valence-corrected chi connectivity index (χ0v) is 29.8. The summed E-state index contributed by atoms with van der Waals surface area (Å²) in [5.74, 6) is 0.0206. The number of halogens is 2. The number of aliphatic carboxylic acids is 1. The van der Waals surface area contributed by atoms with E-state index in [4.69, 9.17) is 23.7 Å². The van der Waals surface area contributed by atoms with Crippen molar-refractivity contribution in [2.24, 2.45) is 14.1 Å². The first kappa shape index (κ1) is 32.6. The first-order valence-corrected chi connectivity index (χ1v) is 16.8. The molecule has 0 saturated carbocycles. The van der Waals surface area contributed by atoms with Crippen LogP contribution in [0.25, 0.3) is 21.8 Å². The van der Waals surface area contributed by atoms with Crippen LogP contribution in [0.1, 0.15) is 34.1 Å². The number of aryl methyl sites for hydroxylation is 2. The minimum Gasteiger partial charge on any atom is -0.481 e. The Kier molecular flexibility index (Phi) is 8.76. The maximum absolute atomic E-state index is 12.6. The lowest BCUT2D eigenvalue weighted by Gasteiger charge is -2.15. The summed E-state index contributed by atoms with van der Waals surface area (Å²) in [6, 6.07) is 22.7. The fraction of sp³-hybridized carbons (Fsp3) is 0.189. The van der Waals surface area contributed by atoms with Crippen LogP contribution in [0.15, 0.2) is 94.1 Å². The van der Waals surface area contributed by atoms with E-state index < -0.39 is 17.8 Å². The number of carboxylic acid groups (broad SMARTS) is 1. The standard InChI is InChI=1S/C19H16BrNO4.C18H14BrNO4/c1-21-9-14(13-8-12(20)4-5-15(13)21)18(19(22)23-2)11-3-6-16-17(7-11)25-10-24-16;1-20-8-13(12-7-11(19)3-4-14(12)20)17(18(21)22)10-2-5-15-16(6-10)24-9-23-15/h3-9,18H,10H2,1-2H3;2-8,17H,9H2,1H3,(H,21,22). The van der Waals surface area contributed by atoms with Gasteiger partial charge in [-0.05, 0) is 82.9 Å². The first-order valence-electron chi connectivity index (χ1n) is 15.2. The van der Waals surface area contributed by atoms with Gasteiger partial charge in [0, 0.05) is 57.2 Å². The van der Waals surface area contributed by atoms with E-state index in [-0.39, 0.29) is 19.6 Å². The molecule has 0 aliphatic carbocycles. The summed E-state index contributed by atoms with van der Waals surface area (Å²) in [7, 11) is 5.29. The lowest BCUT2D eigenvalue weighted by atomic mass is 9.91. The molecule has 0 saturated heterocycles. The molecule has 2 aliphatic rings. The molecule has 1 N–H and O–H groups in total. The van der Waals surface area contributed by atoms with Crippen molar-refractivity contribution in [2.75, 3.05) is 20.7 Å². The highest BCUT2D eigenvalue weighted by Gasteiger charge is 2.30. The van der Waals surface area contributed by atoms with Crippen LogP contribution in [-0.4, -0.2) is 46.9 Å². The highest BCUT2D eigenvalue weighted by molar-refractivity contribution is 9.10. The van der Waals surface area contributed by atoms with Crippen molar-refractivity contribution in [2.45, 2.75) is 11.8 Å². The molecule has 250 valence electrons. The molecule has 0 radical (unpaired) electrons. The molecular weight excluding hydrogens is 760 g/mol. The summed E-state index contributed by atoms with van der Waals surface area (Å²) < 4.78 is 32.5. The van der Waals surface area contributed by atoms with Gasteiger partial charge in [0.2, 0.25) is 13.6 Å². The highest BCUT2D eigenvalue weighted by Crippen LogP contribution is 2.41. The normalized spacial score (nSPS) is 14.0. The third-order valence-electron chi connectivity index (χ3n) is 8.73. The molecule has 4 aromatic carbocycles. The van der Waals surface area contributed by atoms with Gasteiger partial charge in [-0.15, -0.1) is 0 Å². The summed E-state index contributed by atoms with van der Waals surface area (Å²) in [6.07, 6.45) is 3.85. The monoisotopic (exact) mass is 788 g/mol. The second-order valence-corrected chi connectivity index (χ2v) is 13.5. The lowest BCUT2D eigenvalue weighted by molar-refractivity contribution is -0.141. The van der Waals surface area contributed by atoms with Gasteiger partial charge in [0.15, 0.2) is 23.0 Å². The number of carbonyl (C=O) groups is 2. The number of benzene rings is 4. The molecule has 4 heterocycles. The number of aromatic nitrogens is 2. The summed E-state index contributed by atoms with van der Waals surface area (Å²) in [4.78, 5) is 24.7. The smallest absolute Gasteiger partial charge is 0.317 e. The number of carbonyl (C=O) groups excluding carboxylic acids is 1. The molecule has 0 bridgehead atoms. The van der Waals surface area contributed by atoms with E-state index in [9.17, 15) is 14.7 Å². The largest absolute Gasteiger partial charge is 0.481 e. The Labute approximate surface area is 298 Å². The van der Waals surface area contributed by atoms with Crippen LogP contribution < -0.4 is 18.9 Å². The van der Waals surface area contributed by atoms with Gasteiger partial charge in [0.1, 0.15) is 11.8 Å². The average molecular weight is 790 g/mol. The van der Waals surface area contributed by atoms with Crippen molar-refractivity contribution in [1.29, 1.82) is 0 Å². The van der Waals surface area contributed by atoms with Crippen molar-refractivity contribution in [3.63, 3.8) is 0 Å². The van der Waals surface area contributed by atoms with Gasteiger partial charge in [0.05, 0.1) is 7.11 Å². The van der Waals surface area contributed by atoms with Gasteiger partial charge in [-0.2, -0.15) is 0 Å². The lowest BCUT2D eigenvalue weighted by Crippen LogP contribution is -2.15. The van der Waals surface area contributed by atoms with Crippen LogP contribution in [0.5, 0.6) is 23.0 Å². The zero-order chi connectivity index (χ0) is 34.4. The molecule has 10 nitrogen and oxygen atoms in total. The predicted molar refractivity (Wildman–Crippen MR) is 190 cm³/mol. The highest BCUT2D eigenvalue weighted by atomic mass is 79.9. The molecule has 2 aromatic heterocycles. The maximum Gasteiger partial charge on any atom is 0.317 e. The quantitative estimate of drug-likeness (QED) is 0.170. The number of fused-ring (bicyclic) bond motifs is 4. The van der Waals surface area contributed by atoms with Gasteiger partial charge < -0.3 is 37.9 Å². The van der Waals surface area contributed by atoms with E-state index in [0.29, 0.717) is 28.6 Å². The molecule has 2 unspecified atom stereocenters. The summed E-state index contributed by atoms with van der Waals surface area (Å²) in [6.45, 7) is 0.362. The van der Waals surface area contributed by atoms with E-state index in [1.165, 1.54) is 7.11 Å². The predicted octanol–water partition coefficient (Wildman–Crippen LogP) is 7.86. The van der Waals surface area contributed by atoms with Crippen LogP contribution >= 0.6 is 31.9 Å². The maximum atomic E-state index is 12.6. The number of hydrogen-bond acceptors (Lipinski definition) is 7. The second-order valence-electron chi connectivity index (χ2n) is 11.7. The van der Waals surface area contributed by atoms with Gasteiger partial charge in [-0.25, -0.2) is 0 Å². The SMILES string of the molecule is COC(=O)C(c1ccc2c(c1)OCO2)c1cn(C)c2ccc(Br)cc12.Cn1cc(C(C(=O)O)c2ccc3c(c2)OCO3)c2cc(Br)ccc21. The second kappa shape index (κ2) is 13.2. The van der Waals surface area contributed by atoms with Gasteiger partial charge >= 0.3 is 11.9 Å². The number of ether oxygens (including phenoxy) is 5. The Morgan fingerprint density at radius 3 is 1.59 bits per heavy atom. The van der Waals surface area contributed by atoms with Crippen LogP contribution in [0, 0.1) is 0 Å². The number of esters is 1. The third-order valence-corrected chi connectivity index (χ3v) is 9.72. The number of methoxy groups -OCH3 is 1. The van der Waals surface area contributed by atoms with E-state index in [1.54, 1.807) is 18.2 Å². The van der Waals surface area contributed by atoms with Crippen LogP contribution in [0.3, 0.4) is 0 Å². The number of nitrogens with zero attached hydrogens (tertiary/aromatic N) is 2. The average Bonchev–Trinajstić information content (AvgIpc) is 3.88. The Balaban J connectivity index is 0.000000154. The van der Waals surface area contributed by atoms with Crippen molar-refractivity contribution >= 4 is 65.6 Å². The molecule has 0 amide bonds. The van der Waals surface area contributed by atoms with Crippen molar-refractivity contribution in [3.05, 3.63) is 116 Å². The molecule has 0 spiro atoms. The summed E-state index contributed by atoms with van der Waals surface area (Å²) in [5.41, 5.74) is 5.15. The molecule has 2 atom stereocenters. The molecule has 6 aromatic rings. The topological polar surface area (TPSA) is 110 Å². The van der Waals surface area contributed by atoms with E-state index in [0.717, 1.165) is 47.4 Å². The molecule has 2 aliphatic heterocycles. The minimum atomic E-state index is -0.902. The van der Waals surface area contributed by atoms with Crippen molar-refractivity contribution in [1.82, 2.24) is 9.13 Å². The van der Waals surface area contributed by atoms with E-state index >= 15 is 0 Å².